The average Bonchev–Trinajstić information content (AvgIpc) is 2.99. The third kappa shape index (κ3) is 8.01. The summed E-state index contributed by atoms with van der Waals surface area (Å²) in [6.45, 7) is 2.83. The summed E-state index contributed by atoms with van der Waals surface area (Å²) in [6, 6.07) is 14.5. The summed E-state index contributed by atoms with van der Waals surface area (Å²) in [6.07, 6.45) is -3.43. The lowest BCUT2D eigenvalue weighted by Gasteiger charge is -2.36. The Labute approximate surface area is 242 Å². The van der Waals surface area contributed by atoms with Crippen LogP contribution >= 0.6 is 0 Å². The van der Waals surface area contributed by atoms with Crippen molar-refractivity contribution in [1.29, 1.82) is 5.26 Å². The van der Waals surface area contributed by atoms with Gasteiger partial charge in [0.1, 0.15) is 11.6 Å². The summed E-state index contributed by atoms with van der Waals surface area (Å²) in [5.74, 6) is -1.91. The largest absolute Gasteiger partial charge is 0.490 e. The molecule has 4 aromatic rings. The number of piperazine rings is 1. The Morgan fingerprint density at radius 3 is 2.37 bits per heavy atom. The highest BCUT2D eigenvalue weighted by atomic mass is 19.4. The zero-order chi connectivity index (χ0) is 31.1. The molecular formula is C28H24F5N7O3. The molecule has 0 bridgehead atoms. The second-order valence-corrected chi connectivity index (χ2v) is 9.23. The van der Waals surface area contributed by atoms with E-state index in [-0.39, 0.29) is 0 Å². The molecule has 0 unspecified atom stereocenters. The van der Waals surface area contributed by atoms with Crippen LogP contribution in [0, 0.1) is 23.0 Å². The molecule has 2 aromatic heterocycles. The van der Waals surface area contributed by atoms with E-state index < -0.39 is 23.8 Å². The quantitative estimate of drug-likeness (QED) is 0.295. The van der Waals surface area contributed by atoms with Gasteiger partial charge in [0, 0.05) is 44.4 Å². The number of rotatable bonds is 6. The summed E-state index contributed by atoms with van der Waals surface area (Å²) >= 11 is 0. The first-order chi connectivity index (χ1) is 20.5. The van der Waals surface area contributed by atoms with Crippen LogP contribution in [0.1, 0.15) is 11.1 Å². The molecule has 224 valence electrons. The molecular weight excluding hydrogens is 577 g/mol. The van der Waals surface area contributed by atoms with Crippen molar-refractivity contribution in [1.82, 2.24) is 19.9 Å². The van der Waals surface area contributed by atoms with Gasteiger partial charge in [0.25, 0.3) is 0 Å². The monoisotopic (exact) mass is 601 g/mol. The predicted octanol–water partition coefficient (Wildman–Crippen LogP) is 4.88. The second-order valence-electron chi connectivity index (χ2n) is 9.23. The van der Waals surface area contributed by atoms with Crippen molar-refractivity contribution < 1.29 is 36.6 Å². The van der Waals surface area contributed by atoms with Crippen LogP contribution in [0.25, 0.3) is 11.0 Å². The summed E-state index contributed by atoms with van der Waals surface area (Å²) < 4.78 is 64.6. The van der Waals surface area contributed by atoms with Crippen molar-refractivity contribution in [3.63, 3.8) is 0 Å². The van der Waals surface area contributed by atoms with Crippen LogP contribution in [-0.4, -0.2) is 70.4 Å². The van der Waals surface area contributed by atoms with Crippen molar-refractivity contribution in [2.45, 2.75) is 12.7 Å². The van der Waals surface area contributed by atoms with Crippen LogP contribution in [0.2, 0.25) is 0 Å². The van der Waals surface area contributed by atoms with Gasteiger partial charge >= 0.3 is 12.1 Å². The lowest BCUT2D eigenvalue weighted by Crippen LogP contribution is -2.46. The van der Waals surface area contributed by atoms with Crippen LogP contribution < -0.4 is 15.0 Å². The molecule has 0 atom stereocenters. The van der Waals surface area contributed by atoms with Crippen LogP contribution in [-0.2, 0) is 11.3 Å². The number of ether oxygens (including phenoxy) is 1. The highest BCUT2D eigenvalue weighted by molar-refractivity contribution is 5.83. The van der Waals surface area contributed by atoms with Crippen LogP contribution in [0.5, 0.6) is 5.88 Å². The highest BCUT2D eigenvalue weighted by Crippen LogP contribution is 2.29. The number of nitrogens with one attached hydrogen (secondary N) is 1. The number of carboxylic acids is 1. The SMILES string of the molecule is COc1ccc(Nc2nc3ccc(C#N)cc3nc2N2CCN(Cc3cc(F)ccc3F)CC2)cn1.O=C(O)C(F)(F)F. The molecule has 0 spiro atoms. The number of aliphatic carboxylic acids is 1. The van der Waals surface area contributed by atoms with E-state index in [4.69, 9.17) is 24.6 Å². The average molecular weight is 602 g/mol. The molecule has 0 saturated carbocycles. The van der Waals surface area contributed by atoms with Gasteiger partial charge in [0.2, 0.25) is 5.88 Å². The maximum absolute atomic E-state index is 14.1. The molecule has 10 nitrogen and oxygen atoms in total. The first-order valence-corrected chi connectivity index (χ1v) is 12.7. The van der Waals surface area contributed by atoms with Gasteiger partial charge in [0.15, 0.2) is 11.6 Å². The fourth-order valence-corrected chi connectivity index (χ4v) is 4.15. The molecule has 1 fully saturated rings. The van der Waals surface area contributed by atoms with E-state index in [1.807, 2.05) is 6.07 Å². The number of alkyl halides is 3. The number of pyridine rings is 1. The van der Waals surface area contributed by atoms with Crippen molar-refractivity contribution in [2.24, 2.45) is 0 Å². The van der Waals surface area contributed by atoms with E-state index in [0.717, 1.165) is 17.8 Å². The summed E-state index contributed by atoms with van der Waals surface area (Å²) in [5.41, 5.74) is 2.84. The molecule has 1 aliphatic rings. The van der Waals surface area contributed by atoms with E-state index >= 15 is 0 Å². The molecule has 0 amide bonds. The van der Waals surface area contributed by atoms with E-state index in [0.29, 0.717) is 72.4 Å². The fraction of sp³-hybridized carbons (Fsp3) is 0.250. The highest BCUT2D eigenvalue weighted by Gasteiger charge is 2.38. The Bertz CT molecular complexity index is 1640. The van der Waals surface area contributed by atoms with Gasteiger partial charge in [0.05, 0.1) is 41.7 Å². The standard InChI is InChI=1S/C26H23F2N7O.C2HF3O2/c1-36-24-7-4-20(15-30-24)31-25-26(33-23-12-17(14-29)2-6-22(23)32-25)35-10-8-34(9-11-35)16-18-13-19(27)3-5-21(18)28;3-2(4,5)1(6)7/h2-7,12-13,15H,8-11,16H2,1H3,(H,31,32);(H,6,7). The molecule has 2 N–H and O–H groups in total. The van der Waals surface area contributed by atoms with Gasteiger partial charge in [-0.2, -0.15) is 18.4 Å². The zero-order valence-electron chi connectivity index (χ0n) is 22.6. The number of methoxy groups -OCH3 is 1. The first kappa shape index (κ1) is 30.8. The number of benzene rings is 2. The van der Waals surface area contributed by atoms with Crippen molar-refractivity contribution in [3.05, 3.63) is 77.5 Å². The lowest BCUT2D eigenvalue weighted by molar-refractivity contribution is -0.192. The van der Waals surface area contributed by atoms with E-state index in [2.05, 4.69) is 26.2 Å². The number of hydrogen-bond acceptors (Lipinski definition) is 9. The number of hydrogen-bond donors (Lipinski definition) is 2. The first-order valence-electron chi connectivity index (χ1n) is 12.7. The number of halogens is 5. The Morgan fingerprint density at radius 1 is 1.05 bits per heavy atom. The molecule has 3 heterocycles. The van der Waals surface area contributed by atoms with Gasteiger partial charge in [-0.25, -0.2) is 28.5 Å². The summed E-state index contributed by atoms with van der Waals surface area (Å²) in [7, 11) is 1.56. The minimum Gasteiger partial charge on any atom is -0.481 e. The van der Waals surface area contributed by atoms with Gasteiger partial charge < -0.3 is 20.1 Å². The van der Waals surface area contributed by atoms with Gasteiger partial charge in [-0.1, -0.05) is 0 Å². The Balaban J connectivity index is 0.000000541. The molecule has 1 aliphatic heterocycles. The van der Waals surface area contributed by atoms with E-state index in [1.54, 1.807) is 37.6 Å². The van der Waals surface area contributed by atoms with E-state index in [1.165, 1.54) is 6.07 Å². The van der Waals surface area contributed by atoms with Gasteiger partial charge in [-0.05, 0) is 42.5 Å². The topological polar surface area (TPSA) is 127 Å². The Hall–Kier alpha value is -5.10. The second kappa shape index (κ2) is 13.3. The molecule has 43 heavy (non-hydrogen) atoms. The van der Waals surface area contributed by atoms with Crippen molar-refractivity contribution in [2.75, 3.05) is 43.5 Å². The molecule has 1 saturated heterocycles. The number of anilines is 3. The number of nitrogens with zero attached hydrogens (tertiary/aromatic N) is 6. The number of carboxylic acid groups (broad SMARTS) is 1. The maximum Gasteiger partial charge on any atom is 0.490 e. The maximum atomic E-state index is 14.1. The number of fused-ring (bicyclic) bond motifs is 1. The molecule has 0 aliphatic carbocycles. The summed E-state index contributed by atoms with van der Waals surface area (Å²) in [5, 5.41) is 19.7. The number of carbonyl (C=O) groups is 1. The number of nitriles is 1. The third-order valence-corrected chi connectivity index (χ3v) is 6.30. The predicted molar refractivity (Wildman–Crippen MR) is 146 cm³/mol. The minimum atomic E-state index is -5.08. The molecule has 15 heteroatoms. The van der Waals surface area contributed by atoms with Crippen LogP contribution in [0.15, 0.2) is 54.7 Å². The lowest BCUT2D eigenvalue weighted by atomic mass is 10.1. The Kier molecular flexibility index (Phi) is 9.51. The van der Waals surface area contributed by atoms with Crippen molar-refractivity contribution >= 4 is 34.3 Å². The smallest absolute Gasteiger partial charge is 0.481 e. The minimum absolute atomic E-state index is 0.328. The van der Waals surface area contributed by atoms with Crippen molar-refractivity contribution in [3.8, 4) is 11.9 Å². The van der Waals surface area contributed by atoms with Gasteiger partial charge in [-0.15, -0.1) is 0 Å². The fourth-order valence-electron chi connectivity index (χ4n) is 4.15. The molecule has 2 aromatic carbocycles. The zero-order valence-corrected chi connectivity index (χ0v) is 22.6. The van der Waals surface area contributed by atoms with Gasteiger partial charge in [-0.3, -0.25) is 4.90 Å². The van der Waals surface area contributed by atoms with E-state index in [9.17, 15) is 27.2 Å². The Morgan fingerprint density at radius 2 is 1.77 bits per heavy atom. The molecule has 5 rings (SSSR count). The van der Waals surface area contributed by atoms with Crippen LogP contribution in [0.3, 0.4) is 0 Å². The number of aromatic nitrogens is 3. The normalized spacial score (nSPS) is 13.6. The summed E-state index contributed by atoms with van der Waals surface area (Å²) in [4.78, 5) is 26.9. The third-order valence-electron chi connectivity index (χ3n) is 6.30. The van der Waals surface area contributed by atoms with Crippen LogP contribution in [0.4, 0.5) is 39.3 Å². The molecule has 0 radical (unpaired) electrons.